The minimum Gasteiger partial charge on any atom is -0.376 e. The summed E-state index contributed by atoms with van der Waals surface area (Å²) in [5.74, 6) is -0.590. The lowest BCUT2D eigenvalue weighted by Crippen LogP contribution is -2.19. The Bertz CT molecular complexity index is 1040. The van der Waals surface area contributed by atoms with E-state index in [2.05, 4.69) is 19.2 Å². The van der Waals surface area contributed by atoms with Crippen LogP contribution >= 0.6 is 22.9 Å². The van der Waals surface area contributed by atoms with Gasteiger partial charge < -0.3 is 4.74 Å². The van der Waals surface area contributed by atoms with Crippen LogP contribution in [-0.4, -0.2) is 21.8 Å². The summed E-state index contributed by atoms with van der Waals surface area (Å²) < 4.78 is 7.46. The highest BCUT2D eigenvalue weighted by molar-refractivity contribution is 7.19. The van der Waals surface area contributed by atoms with Crippen molar-refractivity contribution in [2.45, 2.75) is 32.7 Å². The number of fused-ring (bicyclic) bond motifs is 1. The highest BCUT2D eigenvalue weighted by Crippen LogP contribution is 2.37. The Morgan fingerprint density at radius 2 is 2.07 bits per heavy atom. The SMILES string of the molecule is CC(C)n1nc(-c2ccc(Cl)s2)c2cc(NC(=O)OC(=O)C3CC3)ccc21. The predicted octanol–water partition coefficient (Wildman–Crippen LogP) is 5.48. The molecular formula is C19H18ClN3O3S. The number of hydrogen-bond acceptors (Lipinski definition) is 5. The fraction of sp³-hybridized carbons (Fsp3) is 0.316. The van der Waals surface area contributed by atoms with Crippen molar-refractivity contribution >= 4 is 51.6 Å². The monoisotopic (exact) mass is 403 g/mol. The van der Waals surface area contributed by atoms with Crippen LogP contribution < -0.4 is 5.32 Å². The van der Waals surface area contributed by atoms with Crippen LogP contribution in [0.5, 0.6) is 0 Å². The van der Waals surface area contributed by atoms with Crippen molar-refractivity contribution in [1.82, 2.24) is 9.78 Å². The molecule has 0 atom stereocenters. The molecule has 6 nitrogen and oxygen atoms in total. The van der Waals surface area contributed by atoms with E-state index in [9.17, 15) is 9.59 Å². The Kier molecular flexibility index (Phi) is 4.65. The number of ether oxygens (including phenoxy) is 1. The maximum absolute atomic E-state index is 12.0. The average molecular weight is 404 g/mol. The van der Waals surface area contributed by atoms with E-state index in [1.165, 1.54) is 11.3 Å². The van der Waals surface area contributed by atoms with Gasteiger partial charge in [-0.3, -0.25) is 14.8 Å². The number of esters is 1. The largest absolute Gasteiger partial charge is 0.419 e. The van der Waals surface area contributed by atoms with Crippen LogP contribution in [0.2, 0.25) is 4.34 Å². The summed E-state index contributed by atoms with van der Waals surface area (Å²) in [7, 11) is 0. The summed E-state index contributed by atoms with van der Waals surface area (Å²) in [5.41, 5.74) is 2.31. The number of thiophene rings is 1. The van der Waals surface area contributed by atoms with Gasteiger partial charge in [0.05, 0.1) is 20.6 Å². The van der Waals surface area contributed by atoms with Crippen LogP contribution in [0, 0.1) is 5.92 Å². The molecule has 1 N–H and O–H groups in total. The second kappa shape index (κ2) is 6.98. The van der Waals surface area contributed by atoms with E-state index in [1.54, 1.807) is 6.07 Å². The van der Waals surface area contributed by atoms with Crippen LogP contribution in [0.1, 0.15) is 32.7 Å². The van der Waals surface area contributed by atoms with Gasteiger partial charge in [0.15, 0.2) is 0 Å². The van der Waals surface area contributed by atoms with Crippen molar-refractivity contribution in [3.8, 4) is 10.6 Å². The van der Waals surface area contributed by atoms with E-state index in [-0.39, 0.29) is 12.0 Å². The summed E-state index contributed by atoms with van der Waals surface area (Å²) in [6.07, 6.45) is 0.821. The van der Waals surface area contributed by atoms with Gasteiger partial charge in [0.2, 0.25) is 0 Å². The Balaban J connectivity index is 1.67. The van der Waals surface area contributed by atoms with Gasteiger partial charge in [0, 0.05) is 17.1 Å². The van der Waals surface area contributed by atoms with Crippen molar-refractivity contribution < 1.29 is 14.3 Å². The Labute approximate surface area is 165 Å². The molecule has 140 valence electrons. The van der Waals surface area contributed by atoms with E-state index in [1.807, 2.05) is 28.9 Å². The molecule has 0 spiro atoms. The number of amides is 1. The lowest BCUT2D eigenvalue weighted by Gasteiger charge is -2.08. The molecule has 1 saturated carbocycles. The lowest BCUT2D eigenvalue weighted by molar-refractivity contribution is -0.138. The maximum atomic E-state index is 12.0. The molecule has 1 amide bonds. The van der Waals surface area contributed by atoms with Crippen LogP contribution in [0.3, 0.4) is 0 Å². The molecule has 0 unspecified atom stereocenters. The quantitative estimate of drug-likeness (QED) is 0.462. The summed E-state index contributed by atoms with van der Waals surface area (Å²) in [6, 6.07) is 9.47. The van der Waals surface area contributed by atoms with Crippen molar-refractivity contribution in [2.24, 2.45) is 5.92 Å². The molecule has 1 aromatic carbocycles. The van der Waals surface area contributed by atoms with Gasteiger partial charge >= 0.3 is 12.1 Å². The van der Waals surface area contributed by atoms with E-state index >= 15 is 0 Å². The van der Waals surface area contributed by atoms with Crippen molar-refractivity contribution in [2.75, 3.05) is 5.32 Å². The number of carbonyl (C=O) groups is 2. The number of rotatable bonds is 4. The Morgan fingerprint density at radius 1 is 1.30 bits per heavy atom. The zero-order chi connectivity index (χ0) is 19.1. The third kappa shape index (κ3) is 3.70. The molecule has 1 aliphatic rings. The predicted molar refractivity (Wildman–Crippen MR) is 106 cm³/mol. The number of nitrogens with one attached hydrogen (secondary N) is 1. The second-order valence-electron chi connectivity index (χ2n) is 6.83. The van der Waals surface area contributed by atoms with Crippen molar-refractivity contribution in [3.63, 3.8) is 0 Å². The molecule has 3 aromatic rings. The van der Waals surface area contributed by atoms with Gasteiger partial charge in [-0.15, -0.1) is 11.3 Å². The molecule has 2 heterocycles. The number of nitrogens with zero attached hydrogens (tertiary/aromatic N) is 2. The van der Waals surface area contributed by atoms with Gasteiger partial charge in [0.25, 0.3) is 0 Å². The summed E-state index contributed by atoms with van der Waals surface area (Å²) in [6.45, 7) is 4.12. The summed E-state index contributed by atoms with van der Waals surface area (Å²) in [5, 5.41) is 8.27. The molecule has 0 aliphatic heterocycles. The molecule has 0 radical (unpaired) electrons. The zero-order valence-corrected chi connectivity index (χ0v) is 16.4. The van der Waals surface area contributed by atoms with Gasteiger partial charge in [-0.2, -0.15) is 5.10 Å². The number of anilines is 1. The molecule has 1 fully saturated rings. The van der Waals surface area contributed by atoms with E-state index in [0.717, 1.165) is 34.3 Å². The van der Waals surface area contributed by atoms with Crippen LogP contribution in [0.15, 0.2) is 30.3 Å². The number of halogens is 1. The minimum absolute atomic E-state index is 0.127. The number of aromatic nitrogens is 2. The molecule has 0 bridgehead atoms. The van der Waals surface area contributed by atoms with Gasteiger partial charge in [-0.1, -0.05) is 11.6 Å². The van der Waals surface area contributed by atoms with Crippen molar-refractivity contribution in [1.29, 1.82) is 0 Å². The zero-order valence-electron chi connectivity index (χ0n) is 14.9. The molecular weight excluding hydrogens is 386 g/mol. The molecule has 1 aliphatic carbocycles. The van der Waals surface area contributed by atoms with Crippen LogP contribution in [-0.2, 0) is 9.53 Å². The smallest absolute Gasteiger partial charge is 0.376 e. The van der Waals surface area contributed by atoms with E-state index in [4.69, 9.17) is 21.4 Å². The highest BCUT2D eigenvalue weighted by Gasteiger charge is 2.32. The number of hydrogen-bond donors (Lipinski definition) is 1. The fourth-order valence-electron chi connectivity index (χ4n) is 2.87. The fourth-order valence-corrected chi connectivity index (χ4v) is 3.92. The molecule has 27 heavy (non-hydrogen) atoms. The van der Waals surface area contributed by atoms with Gasteiger partial charge in [0.1, 0.15) is 5.69 Å². The first kappa shape index (κ1) is 18.0. The van der Waals surface area contributed by atoms with Crippen LogP contribution in [0.25, 0.3) is 21.5 Å². The van der Waals surface area contributed by atoms with Crippen molar-refractivity contribution in [3.05, 3.63) is 34.7 Å². The highest BCUT2D eigenvalue weighted by atomic mass is 35.5. The normalized spacial score (nSPS) is 13.9. The molecule has 4 rings (SSSR count). The third-order valence-electron chi connectivity index (χ3n) is 4.35. The molecule has 8 heteroatoms. The van der Waals surface area contributed by atoms with Gasteiger partial charge in [-0.05, 0) is 57.0 Å². The number of benzene rings is 1. The Morgan fingerprint density at radius 3 is 2.70 bits per heavy atom. The first-order valence-corrected chi connectivity index (χ1v) is 9.92. The maximum Gasteiger partial charge on any atom is 0.419 e. The number of carbonyl (C=O) groups excluding carboxylic acids is 2. The average Bonchev–Trinajstić information content (AvgIpc) is 3.28. The van der Waals surface area contributed by atoms with E-state index < -0.39 is 12.1 Å². The first-order chi connectivity index (χ1) is 12.9. The van der Waals surface area contributed by atoms with Crippen LogP contribution in [0.4, 0.5) is 10.5 Å². The first-order valence-electron chi connectivity index (χ1n) is 8.73. The van der Waals surface area contributed by atoms with E-state index in [0.29, 0.717) is 10.0 Å². The molecule has 0 saturated heterocycles. The summed E-state index contributed by atoms with van der Waals surface area (Å²) >= 11 is 7.54. The minimum atomic E-state index is -0.761. The Hall–Kier alpha value is -2.38. The lowest BCUT2D eigenvalue weighted by atomic mass is 10.1. The van der Waals surface area contributed by atoms with Gasteiger partial charge in [-0.25, -0.2) is 4.79 Å². The second-order valence-corrected chi connectivity index (χ2v) is 8.55. The standard InChI is InChI=1S/C19H18ClN3O3S/c1-10(2)23-14-6-5-12(21-19(25)26-18(24)11-3-4-11)9-13(14)17(22-23)15-7-8-16(20)27-15/h5-11H,3-4H2,1-2H3,(H,21,25). The topological polar surface area (TPSA) is 73.2 Å². The third-order valence-corrected chi connectivity index (χ3v) is 5.59. The molecule has 2 aromatic heterocycles. The summed E-state index contributed by atoms with van der Waals surface area (Å²) in [4.78, 5) is 24.6.